The van der Waals surface area contributed by atoms with Crippen LogP contribution in [0.1, 0.15) is 42.2 Å². The predicted octanol–water partition coefficient (Wildman–Crippen LogP) is 5.97. The number of hydrogen-bond acceptors (Lipinski definition) is 4. The maximum absolute atomic E-state index is 12.9. The zero-order chi connectivity index (χ0) is 26.1. The van der Waals surface area contributed by atoms with Crippen LogP contribution >= 0.6 is 0 Å². The minimum atomic E-state index is -0.905. The number of ether oxygens (including phenoxy) is 2. The van der Waals surface area contributed by atoms with Gasteiger partial charge in [-0.15, -0.1) is 0 Å². The molecule has 0 bridgehead atoms. The first-order valence-electron chi connectivity index (χ1n) is 12.4. The number of aliphatic hydroxyl groups is 1. The molecule has 0 radical (unpaired) electrons. The van der Waals surface area contributed by atoms with Gasteiger partial charge in [-0.1, -0.05) is 97.1 Å². The van der Waals surface area contributed by atoms with Gasteiger partial charge in [0, 0.05) is 6.54 Å². The Kier molecular flexibility index (Phi) is 8.60. The molecule has 4 aromatic rings. The van der Waals surface area contributed by atoms with Gasteiger partial charge in [0.1, 0.15) is 13.2 Å². The third-order valence-corrected chi connectivity index (χ3v) is 6.35. The summed E-state index contributed by atoms with van der Waals surface area (Å²) in [6.45, 7) is 4.59. The largest absolute Gasteiger partial charge is 0.485 e. The average molecular weight is 496 g/mol. The fraction of sp³-hybridized carbons (Fsp3) is 0.219. The van der Waals surface area contributed by atoms with E-state index in [0.717, 1.165) is 16.7 Å². The maximum atomic E-state index is 12.9. The number of hydrogen-bond donors (Lipinski definition) is 2. The lowest BCUT2D eigenvalue weighted by Gasteiger charge is -2.25. The van der Waals surface area contributed by atoms with Crippen molar-refractivity contribution in [3.63, 3.8) is 0 Å². The van der Waals surface area contributed by atoms with Crippen LogP contribution in [0.15, 0.2) is 109 Å². The molecule has 1 amide bonds. The molecule has 0 fully saturated rings. The molecule has 1 unspecified atom stereocenters. The Bertz CT molecular complexity index is 1270. The maximum Gasteiger partial charge on any atom is 0.230 e. The Morgan fingerprint density at radius 1 is 0.757 bits per heavy atom. The zero-order valence-electron chi connectivity index (χ0n) is 21.3. The molecule has 4 rings (SSSR count). The van der Waals surface area contributed by atoms with Crippen LogP contribution in [0, 0.1) is 0 Å². The molecule has 5 nitrogen and oxygen atoms in total. The van der Waals surface area contributed by atoms with Crippen molar-refractivity contribution < 1.29 is 19.4 Å². The van der Waals surface area contributed by atoms with Crippen LogP contribution in [0.4, 0.5) is 0 Å². The van der Waals surface area contributed by atoms with Crippen molar-refractivity contribution >= 4 is 5.91 Å². The molecule has 4 aromatic carbocycles. The Morgan fingerprint density at radius 2 is 1.27 bits per heavy atom. The van der Waals surface area contributed by atoms with Gasteiger partial charge >= 0.3 is 0 Å². The summed E-state index contributed by atoms with van der Waals surface area (Å²) in [4.78, 5) is 12.9. The summed E-state index contributed by atoms with van der Waals surface area (Å²) in [5.74, 6) is 0.971. The van der Waals surface area contributed by atoms with Crippen LogP contribution in [-0.2, 0) is 23.4 Å². The van der Waals surface area contributed by atoms with E-state index in [1.54, 1.807) is 18.2 Å². The highest BCUT2D eigenvalue weighted by molar-refractivity contribution is 5.87. The lowest BCUT2D eigenvalue weighted by Crippen LogP contribution is -2.41. The third-order valence-electron chi connectivity index (χ3n) is 6.35. The lowest BCUT2D eigenvalue weighted by atomic mass is 9.83. The first-order valence-corrected chi connectivity index (χ1v) is 12.4. The minimum absolute atomic E-state index is 0.0808. The minimum Gasteiger partial charge on any atom is -0.485 e. The molecule has 0 aliphatic heterocycles. The molecule has 0 saturated carbocycles. The molecule has 37 heavy (non-hydrogen) atoms. The molecular formula is C32H33NO4. The highest BCUT2D eigenvalue weighted by atomic mass is 16.5. The van der Waals surface area contributed by atoms with Crippen molar-refractivity contribution in [2.75, 3.05) is 6.54 Å². The first-order chi connectivity index (χ1) is 17.9. The molecular weight excluding hydrogens is 462 g/mol. The highest BCUT2D eigenvalue weighted by Gasteiger charge is 2.29. The number of carbonyl (C=O) groups excluding carboxylic acids is 1. The topological polar surface area (TPSA) is 67.8 Å². The smallest absolute Gasteiger partial charge is 0.230 e. The summed E-state index contributed by atoms with van der Waals surface area (Å²) in [5, 5.41) is 13.8. The summed E-state index contributed by atoms with van der Waals surface area (Å²) in [7, 11) is 0. The number of carbonyl (C=O) groups is 1. The van der Waals surface area contributed by atoms with Crippen LogP contribution in [0.3, 0.4) is 0 Å². The highest BCUT2D eigenvalue weighted by Crippen LogP contribution is 2.32. The van der Waals surface area contributed by atoms with Gasteiger partial charge in [-0.25, -0.2) is 0 Å². The van der Waals surface area contributed by atoms with E-state index in [1.165, 1.54) is 0 Å². The molecule has 1 atom stereocenters. The van der Waals surface area contributed by atoms with Gasteiger partial charge in [0.25, 0.3) is 0 Å². The summed E-state index contributed by atoms with van der Waals surface area (Å²) < 4.78 is 12.2. The molecule has 5 heteroatoms. The third kappa shape index (κ3) is 6.99. The van der Waals surface area contributed by atoms with E-state index in [0.29, 0.717) is 30.3 Å². The van der Waals surface area contributed by atoms with E-state index in [1.807, 2.05) is 105 Å². The van der Waals surface area contributed by atoms with E-state index in [2.05, 4.69) is 5.32 Å². The Hall–Kier alpha value is -4.09. The normalized spacial score (nSPS) is 12.0. The SMILES string of the molecule is CC(C)(C(=O)NCC(O)c1ccc(OCc2ccccc2)c(OCc2ccccc2)c1)c1ccccc1. The first kappa shape index (κ1) is 26.0. The second-order valence-corrected chi connectivity index (χ2v) is 9.47. The molecule has 2 N–H and O–H groups in total. The zero-order valence-corrected chi connectivity index (χ0v) is 21.3. The van der Waals surface area contributed by atoms with E-state index in [4.69, 9.17) is 9.47 Å². The van der Waals surface area contributed by atoms with Gasteiger partial charge in [-0.05, 0) is 48.2 Å². The fourth-order valence-electron chi connectivity index (χ4n) is 3.95. The van der Waals surface area contributed by atoms with Crippen molar-refractivity contribution in [3.05, 3.63) is 131 Å². The molecule has 0 aliphatic carbocycles. The number of aliphatic hydroxyl groups excluding tert-OH is 1. The van der Waals surface area contributed by atoms with Crippen LogP contribution < -0.4 is 14.8 Å². The molecule has 0 saturated heterocycles. The van der Waals surface area contributed by atoms with Crippen LogP contribution in [-0.4, -0.2) is 17.6 Å². The van der Waals surface area contributed by atoms with Gasteiger partial charge < -0.3 is 19.9 Å². The molecule has 0 aliphatic rings. The average Bonchev–Trinajstić information content (AvgIpc) is 2.95. The van der Waals surface area contributed by atoms with Crippen LogP contribution in [0.2, 0.25) is 0 Å². The van der Waals surface area contributed by atoms with Gasteiger partial charge in [0.15, 0.2) is 11.5 Å². The van der Waals surface area contributed by atoms with Gasteiger partial charge in [-0.2, -0.15) is 0 Å². The Morgan fingerprint density at radius 3 is 1.84 bits per heavy atom. The molecule has 0 aromatic heterocycles. The van der Waals surface area contributed by atoms with Gasteiger partial charge in [0.05, 0.1) is 11.5 Å². The molecule has 0 spiro atoms. The van der Waals surface area contributed by atoms with Crippen LogP contribution in [0.25, 0.3) is 0 Å². The predicted molar refractivity (Wildman–Crippen MR) is 145 cm³/mol. The van der Waals surface area contributed by atoms with Gasteiger partial charge in [0.2, 0.25) is 5.91 Å². The quantitative estimate of drug-likeness (QED) is 0.269. The number of rotatable bonds is 11. The van der Waals surface area contributed by atoms with Crippen molar-refractivity contribution in [1.82, 2.24) is 5.32 Å². The summed E-state index contributed by atoms with van der Waals surface area (Å²) in [6, 6.07) is 34.8. The van der Waals surface area contributed by atoms with Crippen molar-refractivity contribution in [2.45, 2.75) is 38.6 Å². The monoisotopic (exact) mass is 495 g/mol. The van der Waals surface area contributed by atoms with Crippen molar-refractivity contribution in [2.24, 2.45) is 0 Å². The summed E-state index contributed by atoms with van der Waals surface area (Å²) in [5.41, 5.74) is 2.90. The summed E-state index contributed by atoms with van der Waals surface area (Å²) in [6.07, 6.45) is -0.905. The molecule has 0 heterocycles. The fourth-order valence-corrected chi connectivity index (χ4v) is 3.95. The second-order valence-electron chi connectivity index (χ2n) is 9.47. The van der Waals surface area contributed by atoms with E-state index in [9.17, 15) is 9.90 Å². The second kappa shape index (κ2) is 12.2. The van der Waals surface area contributed by atoms with Crippen LogP contribution in [0.5, 0.6) is 11.5 Å². The number of nitrogens with one attached hydrogen (secondary N) is 1. The van der Waals surface area contributed by atoms with E-state index < -0.39 is 11.5 Å². The summed E-state index contributed by atoms with van der Waals surface area (Å²) >= 11 is 0. The Balaban J connectivity index is 1.46. The van der Waals surface area contributed by atoms with E-state index in [-0.39, 0.29) is 12.5 Å². The number of benzene rings is 4. The number of amides is 1. The Labute approximate surface area is 218 Å². The van der Waals surface area contributed by atoms with Crippen molar-refractivity contribution in [1.29, 1.82) is 0 Å². The standard InChI is InChI=1S/C32H33NO4/c1-32(2,27-16-10-5-11-17-27)31(35)33-21-28(34)26-18-19-29(36-22-24-12-6-3-7-13-24)30(20-26)37-23-25-14-8-4-9-15-25/h3-20,28,34H,21-23H2,1-2H3,(H,33,35). The van der Waals surface area contributed by atoms with Crippen molar-refractivity contribution in [3.8, 4) is 11.5 Å². The lowest BCUT2D eigenvalue weighted by molar-refractivity contribution is -0.126. The van der Waals surface area contributed by atoms with E-state index >= 15 is 0 Å². The van der Waals surface area contributed by atoms with Gasteiger partial charge in [-0.3, -0.25) is 4.79 Å². The molecule has 190 valence electrons.